The first kappa shape index (κ1) is 25.1. The van der Waals surface area contributed by atoms with Crippen LogP contribution in [0.1, 0.15) is 17.5 Å². The molecule has 194 valence electrons. The second-order valence-corrected chi connectivity index (χ2v) is 10.3. The molecule has 5 rings (SSSR count). The zero-order chi connectivity index (χ0) is 26.9. The number of nitrogens with zero attached hydrogens (tertiary/aromatic N) is 1. The molecule has 1 aliphatic rings. The fraction of sp³-hybridized carbons (Fsp3) is 0.107. The van der Waals surface area contributed by atoms with Gasteiger partial charge < -0.3 is 14.9 Å². The van der Waals surface area contributed by atoms with Crippen LogP contribution in [0.4, 0.5) is 10.1 Å². The van der Waals surface area contributed by atoms with E-state index in [4.69, 9.17) is 9.84 Å². The molecule has 0 aromatic heterocycles. The van der Waals surface area contributed by atoms with Gasteiger partial charge in [0, 0.05) is 11.8 Å². The van der Waals surface area contributed by atoms with Crippen molar-refractivity contribution in [2.24, 2.45) is 0 Å². The third kappa shape index (κ3) is 5.12. The van der Waals surface area contributed by atoms with Crippen LogP contribution in [-0.2, 0) is 28.0 Å². The molecule has 4 aromatic rings. The summed E-state index contributed by atoms with van der Waals surface area (Å²) in [7, 11) is -4.29. The molecular weight excluding hydrogens is 511 g/mol. The van der Waals surface area contributed by atoms with E-state index in [2.05, 4.69) is 0 Å². The summed E-state index contributed by atoms with van der Waals surface area (Å²) in [6.07, 6.45) is 1.22. The van der Waals surface area contributed by atoms with E-state index in [1.54, 1.807) is 30.3 Å². The molecule has 0 spiro atoms. The number of rotatable bonds is 8. The Kier molecular flexibility index (Phi) is 6.64. The maximum atomic E-state index is 16.2. The number of nitrogens with one attached hydrogen (secondary N) is 1. The number of benzene rings is 4. The summed E-state index contributed by atoms with van der Waals surface area (Å²) in [5.74, 6) is -2.40. The van der Waals surface area contributed by atoms with Crippen molar-refractivity contribution in [1.82, 2.24) is 4.72 Å². The van der Waals surface area contributed by atoms with Crippen LogP contribution in [0.5, 0.6) is 5.75 Å². The fourth-order valence-electron chi connectivity index (χ4n) is 4.28. The van der Waals surface area contributed by atoms with Crippen LogP contribution in [0.25, 0.3) is 21.9 Å². The Labute approximate surface area is 218 Å². The molecule has 4 aromatic carbocycles. The summed E-state index contributed by atoms with van der Waals surface area (Å²) >= 11 is 0. The van der Waals surface area contributed by atoms with E-state index in [0.29, 0.717) is 21.7 Å². The Morgan fingerprint density at radius 3 is 2.39 bits per heavy atom. The molecule has 8 nitrogen and oxygen atoms in total. The third-order valence-corrected chi connectivity index (χ3v) is 7.37. The minimum absolute atomic E-state index is 0.0103. The van der Waals surface area contributed by atoms with Gasteiger partial charge in [-0.1, -0.05) is 66.7 Å². The number of aliphatic hydroxyl groups excluding tert-OH is 1. The maximum absolute atomic E-state index is 16.2. The highest BCUT2D eigenvalue weighted by Crippen LogP contribution is 2.41. The SMILES string of the molecule is O=C(O)CCc1cccc(-c2ccc3cc(OCc4ccccc4)c(N4C=C(O)NS4(=O)=O)c(F)c3c2)c1. The fourth-order valence-corrected chi connectivity index (χ4v) is 5.34. The van der Waals surface area contributed by atoms with E-state index in [1.165, 1.54) is 0 Å². The van der Waals surface area contributed by atoms with Crippen LogP contribution < -0.4 is 13.8 Å². The van der Waals surface area contributed by atoms with E-state index in [9.17, 15) is 18.3 Å². The van der Waals surface area contributed by atoms with Gasteiger partial charge in [0.25, 0.3) is 0 Å². The van der Waals surface area contributed by atoms with E-state index < -0.39 is 27.9 Å². The van der Waals surface area contributed by atoms with Gasteiger partial charge in [0.15, 0.2) is 5.82 Å². The van der Waals surface area contributed by atoms with Gasteiger partial charge in [0.1, 0.15) is 18.0 Å². The first-order valence-corrected chi connectivity index (χ1v) is 13.1. The van der Waals surface area contributed by atoms with Crippen molar-refractivity contribution in [3.05, 3.63) is 108 Å². The Morgan fingerprint density at radius 2 is 1.68 bits per heavy atom. The topological polar surface area (TPSA) is 116 Å². The minimum atomic E-state index is -4.29. The number of aryl methyl sites for hydroxylation is 1. The molecule has 1 aliphatic heterocycles. The summed E-state index contributed by atoms with van der Waals surface area (Å²) in [5, 5.41) is 19.4. The number of hydrogen-bond acceptors (Lipinski definition) is 5. The number of halogens is 1. The molecule has 0 saturated carbocycles. The van der Waals surface area contributed by atoms with Gasteiger partial charge in [-0.15, -0.1) is 0 Å². The molecule has 0 unspecified atom stereocenters. The van der Waals surface area contributed by atoms with Gasteiger partial charge in [-0.25, -0.2) is 13.4 Å². The highest BCUT2D eigenvalue weighted by atomic mass is 32.2. The standard InChI is InChI=1S/C28H23FN2O6S/c29-27-23-14-21(20-8-4-7-18(13-20)9-12-26(33)34)10-11-22(23)15-24(37-17-19-5-2-1-3-6-19)28(27)31-16-25(32)30-38(31,35)36/h1-8,10-11,13-16,30,32H,9,12,17H2,(H,33,34). The largest absolute Gasteiger partial charge is 0.493 e. The average Bonchev–Trinajstić information content (AvgIpc) is 3.18. The summed E-state index contributed by atoms with van der Waals surface area (Å²) in [5.41, 5.74) is 2.69. The molecule has 0 aliphatic carbocycles. The maximum Gasteiger partial charge on any atom is 0.330 e. The van der Waals surface area contributed by atoms with Crippen molar-refractivity contribution >= 4 is 32.6 Å². The first-order chi connectivity index (χ1) is 18.2. The van der Waals surface area contributed by atoms with E-state index in [1.807, 2.05) is 53.3 Å². The van der Waals surface area contributed by atoms with Crippen LogP contribution in [0.15, 0.2) is 90.9 Å². The van der Waals surface area contributed by atoms with E-state index >= 15 is 4.39 Å². The van der Waals surface area contributed by atoms with Gasteiger partial charge in [-0.3, -0.25) is 4.79 Å². The molecule has 10 heteroatoms. The van der Waals surface area contributed by atoms with Crippen molar-refractivity contribution in [3.8, 4) is 16.9 Å². The number of fused-ring (bicyclic) bond motifs is 1. The Morgan fingerprint density at radius 1 is 0.947 bits per heavy atom. The molecule has 0 saturated heterocycles. The van der Waals surface area contributed by atoms with Crippen molar-refractivity contribution in [2.45, 2.75) is 19.4 Å². The average molecular weight is 535 g/mol. The van der Waals surface area contributed by atoms with Gasteiger partial charge in [-0.05, 0) is 46.2 Å². The lowest BCUT2D eigenvalue weighted by Gasteiger charge is -2.21. The number of carbonyl (C=O) groups is 1. The lowest BCUT2D eigenvalue weighted by molar-refractivity contribution is -0.136. The number of ether oxygens (including phenoxy) is 1. The normalized spacial score (nSPS) is 14.2. The molecule has 1 heterocycles. The van der Waals surface area contributed by atoms with Gasteiger partial charge in [-0.2, -0.15) is 8.42 Å². The lowest BCUT2D eigenvalue weighted by Crippen LogP contribution is -2.30. The van der Waals surface area contributed by atoms with E-state index in [0.717, 1.165) is 22.9 Å². The van der Waals surface area contributed by atoms with Crippen LogP contribution in [-0.4, -0.2) is 24.6 Å². The predicted molar refractivity (Wildman–Crippen MR) is 141 cm³/mol. The predicted octanol–water partition coefficient (Wildman–Crippen LogP) is 5.25. The summed E-state index contributed by atoms with van der Waals surface area (Å²) in [6.45, 7) is 0.0665. The molecule has 0 bridgehead atoms. The molecule has 0 radical (unpaired) electrons. The third-order valence-electron chi connectivity index (χ3n) is 6.10. The smallest absolute Gasteiger partial charge is 0.330 e. The number of aliphatic hydroxyl groups is 1. The number of anilines is 1. The monoisotopic (exact) mass is 534 g/mol. The Bertz CT molecular complexity index is 1670. The quantitative estimate of drug-likeness (QED) is 0.284. The van der Waals surface area contributed by atoms with Crippen molar-refractivity contribution in [2.75, 3.05) is 4.31 Å². The molecule has 3 N–H and O–H groups in total. The summed E-state index contributed by atoms with van der Waals surface area (Å²) < 4.78 is 49.9. The van der Waals surface area contributed by atoms with Crippen molar-refractivity contribution in [3.63, 3.8) is 0 Å². The zero-order valence-corrected chi connectivity index (χ0v) is 20.8. The van der Waals surface area contributed by atoms with Gasteiger partial charge in [0.05, 0.1) is 6.20 Å². The van der Waals surface area contributed by atoms with Crippen LogP contribution >= 0.6 is 0 Å². The summed E-state index contributed by atoms with van der Waals surface area (Å²) in [6, 6.07) is 23.1. The molecular formula is C28H23FN2O6S. The van der Waals surface area contributed by atoms with Crippen molar-refractivity contribution < 1.29 is 32.6 Å². The molecule has 0 fully saturated rings. The number of hydrogen-bond donors (Lipinski definition) is 3. The molecule has 0 atom stereocenters. The van der Waals surface area contributed by atoms with Gasteiger partial charge in [0.2, 0.25) is 5.88 Å². The highest BCUT2D eigenvalue weighted by Gasteiger charge is 2.34. The second-order valence-electron chi connectivity index (χ2n) is 8.76. The van der Waals surface area contributed by atoms with Crippen molar-refractivity contribution in [1.29, 1.82) is 0 Å². The number of aliphatic carboxylic acids is 1. The lowest BCUT2D eigenvalue weighted by atomic mass is 9.97. The molecule has 38 heavy (non-hydrogen) atoms. The first-order valence-electron chi connectivity index (χ1n) is 11.7. The van der Waals surface area contributed by atoms with Crippen LogP contribution in [0, 0.1) is 5.82 Å². The Balaban J connectivity index is 1.60. The van der Waals surface area contributed by atoms with Crippen LogP contribution in [0.3, 0.4) is 0 Å². The minimum Gasteiger partial charge on any atom is -0.493 e. The van der Waals surface area contributed by atoms with Crippen LogP contribution in [0.2, 0.25) is 0 Å². The second kappa shape index (κ2) is 10.1. The molecule has 0 amide bonds. The number of carboxylic acid groups (broad SMARTS) is 1. The van der Waals surface area contributed by atoms with E-state index in [-0.39, 0.29) is 29.9 Å². The highest BCUT2D eigenvalue weighted by molar-refractivity contribution is 7.91. The van der Waals surface area contributed by atoms with Gasteiger partial charge >= 0.3 is 16.2 Å². The number of carboxylic acids is 1. The summed E-state index contributed by atoms with van der Waals surface area (Å²) in [4.78, 5) is 11.0. The Hall–Kier alpha value is -4.57. The zero-order valence-electron chi connectivity index (χ0n) is 20.0.